The smallest absolute Gasteiger partial charge is 0.337 e. The van der Waals surface area contributed by atoms with Gasteiger partial charge < -0.3 is 10.1 Å². The number of anilines is 1. The second-order valence-corrected chi connectivity index (χ2v) is 6.68. The molecule has 2 rings (SSSR count). The van der Waals surface area contributed by atoms with Crippen LogP contribution in [0, 0.1) is 0 Å². The second-order valence-electron chi connectivity index (χ2n) is 6.30. The van der Waals surface area contributed by atoms with Gasteiger partial charge in [0.15, 0.2) is 0 Å². The Labute approximate surface area is 145 Å². The largest absolute Gasteiger partial charge is 0.465 e. The summed E-state index contributed by atoms with van der Waals surface area (Å²) in [4.78, 5) is 23.7. The molecular formula is C17H20ClN3O3. The van der Waals surface area contributed by atoms with Gasteiger partial charge in [0, 0.05) is 6.54 Å². The van der Waals surface area contributed by atoms with Gasteiger partial charge in [-0.05, 0) is 38.5 Å². The van der Waals surface area contributed by atoms with E-state index in [2.05, 4.69) is 15.2 Å². The van der Waals surface area contributed by atoms with E-state index in [4.69, 9.17) is 11.6 Å². The van der Waals surface area contributed by atoms with Gasteiger partial charge in [0.05, 0.1) is 30.1 Å². The molecule has 1 heterocycles. The molecule has 0 radical (unpaired) electrons. The molecule has 6 nitrogen and oxygen atoms in total. The van der Waals surface area contributed by atoms with Gasteiger partial charge in [-0.15, -0.1) is 0 Å². The van der Waals surface area contributed by atoms with Crippen LogP contribution >= 0.6 is 11.6 Å². The van der Waals surface area contributed by atoms with Gasteiger partial charge in [0.1, 0.15) is 5.02 Å². The van der Waals surface area contributed by atoms with Gasteiger partial charge in [-0.2, -0.15) is 5.10 Å². The van der Waals surface area contributed by atoms with Crippen LogP contribution in [0.4, 0.5) is 5.69 Å². The van der Waals surface area contributed by atoms with Crippen molar-refractivity contribution >= 4 is 23.3 Å². The number of hydrogen-bond donors (Lipinski definition) is 1. The summed E-state index contributed by atoms with van der Waals surface area (Å²) in [7, 11) is 1.34. The molecule has 1 aromatic carbocycles. The molecule has 0 fully saturated rings. The summed E-state index contributed by atoms with van der Waals surface area (Å²) < 4.78 is 6.01. The number of aromatic nitrogens is 2. The zero-order chi connectivity index (χ0) is 17.9. The van der Waals surface area contributed by atoms with Gasteiger partial charge >= 0.3 is 5.97 Å². The number of rotatable bonds is 4. The fourth-order valence-electron chi connectivity index (χ4n) is 2.11. The predicted octanol–water partition coefficient (Wildman–Crippen LogP) is 3.05. The van der Waals surface area contributed by atoms with E-state index in [0.717, 1.165) is 5.56 Å². The number of hydrogen-bond acceptors (Lipinski definition) is 5. The molecule has 0 bridgehead atoms. The van der Waals surface area contributed by atoms with Crippen molar-refractivity contribution in [2.45, 2.75) is 32.9 Å². The quantitative estimate of drug-likeness (QED) is 0.859. The Morgan fingerprint density at radius 2 is 1.92 bits per heavy atom. The summed E-state index contributed by atoms with van der Waals surface area (Å²) >= 11 is 6.16. The van der Waals surface area contributed by atoms with E-state index < -0.39 is 5.54 Å². The van der Waals surface area contributed by atoms with Crippen molar-refractivity contribution in [2.24, 2.45) is 0 Å². The third kappa shape index (κ3) is 3.94. The van der Waals surface area contributed by atoms with Crippen LogP contribution in [0.2, 0.25) is 5.02 Å². The van der Waals surface area contributed by atoms with Crippen molar-refractivity contribution in [3.63, 3.8) is 0 Å². The number of methoxy groups -OCH3 is 1. The maximum absolute atomic E-state index is 12.3. The number of nitrogens with one attached hydrogen (secondary N) is 1. The summed E-state index contributed by atoms with van der Waals surface area (Å²) in [6, 6.07) is 6.97. The highest BCUT2D eigenvalue weighted by molar-refractivity contribution is 6.32. The molecule has 1 aromatic heterocycles. The third-order valence-electron chi connectivity index (χ3n) is 3.41. The van der Waals surface area contributed by atoms with Crippen LogP contribution in [0.25, 0.3) is 0 Å². The topological polar surface area (TPSA) is 73.2 Å². The summed E-state index contributed by atoms with van der Waals surface area (Å²) in [5.41, 5.74) is 1.10. The van der Waals surface area contributed by atoms with Gasteiger partial charge in [0.25, 0.3) is 5.56 Å². The van der Waals surface area contributed by atoms with E-state index in [1.165, 1.54) is 18.0 Å². The van der Waals surface area contributed by atoms with Crippen LogP contribution < -0.4 is 10.9 Å². The first kappa shape index (κ1) is 18.0. The van der Waals surface area contributed by atoms with Crippen LogP contribution in [0.15, 0.2) is 35.3 Å². The molecule has 0 saturated heterocycles. The first-order valence-corrected chi connectivity index (χ1v) is 7.81. The maximum Gasteiger partial charge on any atom is 0.337 e. The van der Waals surface area contributed by atoms with Gasteiger partial charge in [-0.25, -0.2) is 9.48 Å². The van der Waals surface area contributed by atoms with E-state index in [1.807, 2.05) is 20.8 Å². The molecule has 0 aliphatic heterocycles. The van der Waals surface area contributed by atoms with Crippen molar-refractivity contribution in [2.75, 3.05) is 12.4 Å². The Balaban J connectivity index is 2.14. The van der Waals surface area contributed by atoms with Gasteiger partial charge in [-0.1, -0.05) is 23.7 Å². The number of nitrogens with zero attached hydrogens (tertiary/aromatic N) is 2. The highest BCUT2D eigenvalue weighted by atomic mass is 35.5. The van der Waals surface area contributed by atoms with E-state index in [-0.39, 0.29) is 16.6 Å². The lowest BCUT2D eigenvalue weighted by molar-refractivity contribution is 0.0600. The second kappa shape index (κ2) is 7.05. The van der Waals surface area contributed by atoms with Crippen molar-refractivity contribution in [3.8, 4) is 0 Å². The lowest BCUT2D eigenvalue weighted by Crippen LogP contribution is -2.36. The standard InChI is InChI=1S/C17H20ClN3O3/c1-17(2,3)21-15(22)14(18)13(10-20-21)19-9-11-5-7-12(8-6-11)16(23)24-4/h5-8,10,19H,9H2,1-4H3. The minimum atomic E-state index is -0.441. The summed E-state index contributed by atoms with van der Waals surface area (Å²) in [6.07, 6.45) is 1.54. The predicted molar refractivity (Wildman–Crippen MR) is 93.6 cm³/mol. The molecule has 7 heteroatoms. The molecule has 0 atom stereocenters. The monoisotopic (exact) mass is 349 g/mol. The average Bonchev–Trinajstić information content (AvgIpc) is 2.54. The molecular weight excluding hydrogens is 330 g/mol. The maximum atomic E-state index is 12.3. The van der Waals surface area contributed by atoms with Gasteiger partial charge in [0.2, 0.25) is 0 Å². The van der Waals surface area contributed by atoms with Crippen molar-refractivity contribution in [1.82, 2.24) is 9.78 Å². The molecule has 0 saturated carbocycles. The fourth-order valence-corrected chi connectivity index (χ4v) is 2.30. The number of esters is 1. The number of carbonyl (C=O) groups is 1. The van der Waals surface area contributed by atoms with Crippen molar-refractivity contribution < 1.29 is 9.53 Å². The molecule has 0 unspecified atom stereocenters. The van der Waals surface area contributed by atoms with Crippen LogP contribution in [0.1, 0.15) is 36.7 Å². The lowest BCUT2D eigenvalue weighted by Gasteiger charge is -2.21. The molecule has 1 N–H and O–H groups in total. The average molecular weight is 350 g/mol. The number of halogens is 1. The first-order valence-electron chi connectivity index (χ1n) is 7.43. The van der Waals surface area contributed by atoms with Gasteiger partial charge in [-0.3, -0.25) is 4.79 Å². The van der Waals surface area contributed by atoms with Crippen LogP contribution in [0.3, 0.4) is 0 Å². The zero-order valence-electron chi connectivity index (χ0n) is 14.1. The van der Waals surface area contributed by atoms with Crippen LogP contribution in [-0.2, 0) is 16.8 Å². The number of ether oxygens (including phenoxy) is 1. The van der Waals surface area contributed by atoms with Crippen molar-refractivity contribution in [3.05, 3.63) is 57.0 Å². The minimum absolute atomic E-state index is 0.103. The number of carbonyl (C=O) groups excluding carboxylic acids is 1. The fraction of sp³-hybridized carbons (Fsp3) is 0.353. The number of benzene rings is 1. The first-order chi connectivity index (χ1) is 11.2. The molecule has 2 aromatic rings. The Morgan fingerprint density at radius 1 is 1.29 bits per heavy atom. The van der Waals surface area contributed by atoms with E-state index in [9.17, 15) is 9.59 Å². The minimum Gasteiger partial charge on any atom is -0.465 e. The Morgan fingerprint density at radius 3 is 2.46 bits per heavy atom. The molecule has 128 valence electrons. The van der Waals surface area contributed by atoms with Crippen LogP contribution in [0.5, 0.6) is 0 Å². The van der Waals surface area contributed by atoms with E-state index in [0.29, 0.717) is 17.8 Å². The summed E-state index contributed by atoms with van der Waals surface area (Å²) in [5, 5.41) is 7.36. The summed E-state index contributed by atoms with van der Waals surface area (Å²) in [6.45, 7) is 6.09. The van der Waals surface area contributed by atoms with E-state index in [1.54, 1.807) is 24.3 Å². The molecule has 0 aliphatic rings. The summed E-state index contributed by atoms with van der Waals surface area (Å²) in [5.74, 6) is -0.382. The Bertz CT molecular complexity index is 792. The molecule has 0 spiro atoms. The lowest BCUT2D eigenvalue weighted by atomic mass is 10.1. The third-order valence-corrected chi connectivity index (χ3v) is 3.78. The highest BCUT2D eigenvalue weighted by Gasteiger charge is 2.19. The molecule has 0 aliphatic carbocycles. The Kier molecular flexibility index (Phi) is 5.29. The van der Waals surface area contributed by atoms with E-state index >= 15 is 0 Å². The SMILES string of the molecule is COC(=O)c1ccc(CNc2cnn(C(C)(C)C)c(=O)c2Cl)cc1. The molecule has 0 amide bonds. The normalized spacial score (nSPS) is 11.2. The highest BCUT2D eigenvalue weighted by Crippen LogP contribution is 2.19. The Hall–Kier alpha value is -2.34. The van der Waals surface area contributed by atoms with Crippen LogP contribution in [-0.4, -0.2) is 22.9 Å². The molecule has 24 heavy (non-hydrogen) atoms. The zero-order valence-corrected chi connectivity index (χ0v) is 14.8. The van der Waals surface area contributed by atoms with Crippen molar-refractivity contribution in [1.29, 1.82) is 0 Å².